The maximum absolute atomic E-state index is 12.3. The maximum Gasteiger partial charge on any atom is 0.273 e. The Morgan fingerprint density at radius 2 is 1.88 bits per heavy atom. The number of oxime groups is 1. The molecular weight excluding hydrogens is 304 g/mol. The fraction of sp³-hybridized carbons (Fsp3) is 0.263. The largest absolute Gasteiger partial charge is 0.496 e. The van der Waals surface area contributed by atoms with E-state index in [-0.39, 0.29) is 11.6 Å². The number of ether oxygens (including phenoxy) is 1. The maximum atomic E-state index is 12.3. The molecular formula is C19H22N2O3. The van der Waals surface area contributed by atoms with Gasteiger partial charge in [-0.05, 0) is 30.5 Å². The second-order valence-corrected chi connectivity index (χ2v) is 5.30. The smallest absolute Gasteiger partial charge is 0.273 e. The summed E-state index contributed by atoms with van der Waals surface area (Å²) in [5.41, 5.74) is 3.20. The fourth-order valence-corrected chi connectivity index (χ4v) is 2.41. The van der Waals surface area contributed by atoms with Crippen LogP contribution in [0.5, 0.6) is 5.75 Å². The molecule has 0 saturated heterocycles. The van der Waals surface area contributed by atoms with Gasteiger partial charge in [-0.15, -0.1) is 0 Å². The number of hydrogen-bond donors (Lipinski definition) is 1. The molecule has 0 aliphatic carbocycles. The molecule has 2 aromatic rings. The van der Waals surface area contributed by atoms with Crippen molar-refractivity contribution in [3.63, 3.8) is 0 Å². The molecule has 0 aliphatic heterocycles. The lowest BCUT2D eigenvalue weighted by atomic mass is 10.1. The third-order valence-electron chi connectivity index (χ3n) is 3.60. The van der Waals surface area contributed by atoms with Gasteiger partial charge in [0.25, 0.3) is 5.91 Å². The van der Waals surface area contributed by atoms with Crippen LogP contribution in [0.25, 0.3) is 0 Å². The molecule has 126 valence electrons. The number of benzene rings is 2. The monoisotopic (exact) mass is 326 g/mol. The summed E-state index contributed by atoms with van der Waals surface area (Å²) in [4.78, 5) is 17.1. The first-order valence-electron chi connectivity index (χ1n) is 7.74. The van der Waals surface area contributed by atoms with Gasteiger partial charge in [-0.3, -0.25) is 4.79 Å². The van der Waals surface area contributed by atoms with Gasteiger partial charge in [0.2, 0.25) is 0 Å². The van der Waals surface area contributed by atoms with E-state index in [0.29, 0.717) is 6.54 Å². The Hall–Kier alpha value is -2.82. The van der Waals surface area contributed by atoms with E-state index in [9.17, 15) is 4.79 Å². The molecule has 2 aromatic carbocycles. The fourth-order valence-electron chi connectivity index (χ4n) is 2.41. The number of amides is 1. The van der Waals surface area contributed by atoms with Gasteiger partial charge in [0.05, 0.1) is 7.11 Å². The van der Waals surface area contributed by atoms with Crippen LogP contribution in [0.4, 0.5) is 0 Å². The minimum atomic E-state index is -0.256. The lowest BCUT2D eigenvalue weighted by Gasteiger charge is -2.09. The molecule has 0 heterocycles. The average Bonchev–Trinajstić information content (AvgIpc) is 2.60. The van der Waals surface area contributed by atoms with Gasteiger partial charge >= 0.3 is 0 Å². The molecule has 0 saturated carbocycles. The molecule has 0 radical (unpaired) electrons. The predicted molar refractivity (Wildman–Crippen MR) is 94.4 cm³/mol. The van der Waals surface area contributed by atoms with E-state index in [1.54, 1.807) is 7.11 Å². The highest BCUT2D eigenvalue weighted by atomic mass is 16.6. The quantitative estimate of drug-likeness (QED) is 0.629. The molecule has 1 amide bonds. The Labute approximate surface area is 142 Å². The van der Waals surface area contributed by atoms with Crippen molar-refractivity contribution in [2.45, 2.75) is 13.3 Å². The van der Waals surface area contributed by atoms with Crippen LogP contribution in [-0.2, 0) is 16.1 Å². The topological polar surface area (TPSA) is 59.9 Å². The summed E-state index contributed by atoms with van der Waals surface area (Å²) in [5, 5.41) is 6.73. The minimum Gasteiger partial charge on any atom is -0.496 e. The first-order chi connectivity index (χ1) is 11.7. The number of carbonyl (C=O) groups excluding carboxylic acids is 1. The number of hydrogen-bond acceptors (Lipinski definition) is 4. The molecule has 1 N–H and O–H groups in total. The number of nitrogens with one attached hydrogen (secondary N) is 1. The summed E-state index contributed by atoms with van der Waals surface area (Å²) < 4.78 is 5.25. The van der Waals surface area contributed by atoms with Crippen LogP contribution in [0.2, 0.25) is 0 Å². The predicted octanol–water partition coefficient (Wildman–Crippen LogP) is 2.71. The van der Waals surface area contributed by atoms with Crippen molar-refractivity contribution in [1.29, 1.82) is 0 Å². The first kappa shape index (κ1) is 17.5. The number of carbonyl (C=O) groups is 1. The van der Waals surface area contributed by atoms with Gasteiger partial charge in [0, 0.05) is 12.1 Å². The van der Waals surface area contributed by atoms with Crippen LogP contribution in [0, 0.1) is 6.92 Å². The van der Waals surface area contributed by atoms with E-state index in [1.807, 2.05) is 49.4 Å². The minimum absolute atomic E-state index is 0.256. The lowest BCUT2D eigenvalue weighted by Crippen LogP contribution is -2.33. The number of methoxy groups -OCH3 is 1. The molecule has 5 heteroatoms. The van der Waals surface area contributed by atoms with Crippen molar-refractivity contribution in [3.05, 3.63) is 65.2 Å². The Balaban J connectivity index is 1.96. The lowest BCUT2D eigenvalue weighted by molar-refractivity contribution is -0.114. The Kier molecular flexibility index (Phi) is 6.37. The van der Waals surface area contributed by atoms with Crippen LogP contribution < -0.4 is 10.1 Å². The molecule has 2 rings (SSSR count). The van der Waals surface area contributed by atoms with Crippen LogP contribution in [0.1, 0.15) is 16.7 Å². The van der Waals surface area contributed by atoms with Crippen molar-refractivity contribution in [1.82, 2.24) is 5.32 Å². The van der Waals surface area contributed by atoms with E-state index in [2.05, 4.69) is 16.5 Å². The SMILES string of the molecule is CO/N=C(\C(=O)NCCc1ccc(OC)c(C)c1)c1ccccc1. The molecule has 0 bridgehead atoms. The number of aryl methyl sites for hydroxylation is 1. The van der Waals surface area contributed by atoms with E-state index >= 15 is 0 Å². The van der Waals surface area contributed by atoms with Gasteiger partial charge in [0.15, 0.2) is 5.71 Å². The summed E-state index contributed by atoms with van der Waals surface area (Å²) in [6.07, 6.45) is 0.728. The normalized spacial score (nSPS) is 11.0. The standard InChI is InChI=1S/C19H22N2O3/c1-14-13-15(9-10-17(14)23-2)11-12-20-19(22)18(21-24-3)16-7-5-4-6-8-16/h4-10,13H,11-12H2,1-3H3,(H,20,22)/b21-18-. The Bertz CT molecular complexity index is 712. The molecule has 0 fully saturated rings. The zero-order valence-electron chi connectivity index (χ0n) is 14.2. The van der Waals surface area contributed by atoms with E-state index in [4.69, 9.17) is 9.57 Å². The number of rotatable bonds is 7. The Morgan fingerprint density at radius 3 is 2.50 bits per heavy atom. The van der Waals surface area contributed by atoms with Gasteiger partial charge in [0.1, 0.15) is 12.9 Å². The highest BCUT2D eigenvalue weighted by Gasteiger charge is 2.14. The molecule has 0 aliphatic rings. The summed E-state index contributed by atoms with van der Waals surface area (Å²) >= 11 is 0. The second kappa shape index (κ2) is 8.72. The van der Waals surface area contributed by atoms with Crippen molar-refractivity contribution in [2.75, 3.05) is 20.8 Å². The third kappa shape index (κ3) is 4.59. The Morgan fingerprint density at radius 1 is 1.12 bits per heavy atom. The molecule has 0 unspecified atom stereocenters. The zero-order valence-corrected chi connectivity index (χ0v) is 14.2. The molecule has 5 nitrogen and oxygen atoms in total. The highest BCUT2D eigenvalue weighted by molar-refractivity contribution is 6.45. The van der Waals surface area contributed by atoms with Crippen LogP contribution >= 0.6 is 0 Å². The zero-order chi connectivity index (χ0) is 17.4. The average molecular weight is 326 g/mol. The summed E-state index contributed by atoms with van der Waals surface area (Å²) in [6, 6.07) is 15.2. The van der Waals surface area contributed by atoms with E-state index in [1.165, 1.54) is 7.11 Å². The number of nitrogens with zero attached hydrogens (tertiary/aromatic N) is 1. The van der Waals surface area contributed by atoms with Gasteiger partial charge in [-0.1, -0.05) is 47.6 Å². The molecule has 0 atom stereocenters. The third-order valence-corrected chi connectivity index (χ3v) is 3.60. The second-order valence-electron chi connectivity index (χ2n) is 5.30. The highest BCUT2D eigenvalue weighted by Crippen LogP contribution is 2.18. The van der Waals surface area contributed by atoms with E-state index in [0.717, 1.165) is 28.9 Å². The van der Waals surface area contributed by atoms with Crippen molar-refractivity contribution >= 4 is 11.6 Å². The van der Waals surface area contributed by atoms with Gasteiger partial charge < -0.3 is 14.9 Å². The van der Waals surface area contributed by atoms with Crippen LogP contribution in [0.15, 0.2) is 53.7 Å². The summed E-state index contributed by atoms with van der Waals surface area (Å²) in [5.74, 6) is 0.606. The first-order valence-corrected chi connectivity index (χ1v) is 7.74. The van der Waals surface area contributed by atoms with E-state index < -0.39 is 0 Å². The van der Waals surface area contributed by atoms with Gasteiger partial charge in [-0.2, -0.15) is 0 Å². The van der Waals surface area contributed by atoms with Crippen molar-refractivity contribution < 1.29 is 14.4 Å². The molecule has 0 spiro atoms. The molecule has 0 aromatic heterocycles. The van der Waals surface area contributed by atoms with Gasteiger partial charge in [-0.25, -0.2) is 0 Å². The summed E-state index contributed by atoms with van der Waals surface area (Å²) in [7, 11) is 3.08. The van der Waals surface area contributed by atoms with Crippen LogP contribution in [-0.4, -0.2) is 32.4 Å². The van der Waals surface area contributed by atoms with Crippen molar-refractivity contribution in [2.24, 2.45) is 5.16 Å². The van der Waals surface area contributed by atoms with Crippen molar-refractivity contribution in [3.8, 4) is 5.75 Å². The molecule has 24 heavy (non-hydrogen) atoms. The van der Waals surface area contributed by atoms with Crippen LogP contribution in [0.3, 0.4) is 0 Å². The summed E-state index contributed by atoms with van der Waals surface area (Å²) in [6.45, 7) is 2.51.